The van der Waals surface area contributed by atoms with Crippen molar-refractivity contribution >= 4 is 158 Å². The minimum atomic E-state index is -1.02. The van der Waals surface area contributed by atoms with E-state index in [1.165, 1.54) is 109 Å². The Kier molecular flexibility index (Phi) is 45.5. The summed E-state index contributed by atoms with van der Waals surface area (Å²) in [7, 11) is 7.21. The molecule has 0 unspecified atom stereocenters. The predicted octanol–water partition coefficient (Wildman–Crippen LogP) is 16.1. The molecule has 4 aliphatic heterocycles. The zero-order valence-corrected chi connectivity index (χ0v) is 81.2. The van der Waals surface area contributed by atoms with Crippen LogP contribution in [0.15, 0.2) is 242 Å². The molecule has 43 heteroatoms. The van der Waals surface area contributed by atoms with Gasteiger partial charge in [0.2, 0.25) is 0 Å². The number of carbonyl (C=O) groups is 4. The number of ether oxygens (including phenoxy) is 5. The number of carbonyl (C=O) groups excluding carboxylic acids is 4. The van der Waals surface area contributed by atoms with Gasteiger partial charge in [-0.05, 0) is 181 Å². The Hall–Kier alpha value is -10.7. The van der Waals surface area contributed by atoms with Gasteiger partial charge in [0.25, 0.3) is 23.6 Å². The summed E-state index contributed by atoms with van der Waals surface area (Å²) < 4.78 is 140. The van der Waals surface area contributed by atoms with E-state index in [2.05, 4.69) is 40.7 Å². The normalized spacial score (nSPS) is 18.6. The highest BCUT2D eigenvalue weighted by Gasteiger charge is 2.54. The van der Waals surface area contributed by atoms with Gasteiger partial charge in [-0.15, -0.1) is 49.6 Å². The van der Waals surface area contributed by atoms with Gasteiger partial charge in [0.05, 0.1) is 12.9 Å². The smallest absolute Gasteiger partial charge is 0.273 e. The fraction of sp³-hybridized carbons (Fsp3) is 0.330. The van der Waals surface area contributed by atoms with Gasteiger partial charge in [0.15, 0.2) is 11.9 Å². The van der Waals surface area contributed by atoms with Crippen LogP contribution in [0.5, 0.6) is 0 Å². The number of benzene rings is 8. The molecule has 8 atom stereocenters. The highest BCUT2D eigenvalue weighted by Crippen LogP contribution is 2.56. The van der Waals surface area contributed by atoms with Crippen molar-refractivity contribution in [1.29, 1.82) is 0 Å². The molecule has 0 aliphatic carbocycles. The van der Waals surface area contributed by atoms with Crippen molar-refractivity contribution in [3.63, 3.8) is 0 Å². The van der Waals surface area contributed by atoms with E-state index >= 15 is 0 Å². The number of halogens is 12. The van der Waals surface area contributed by atoms with Crippen LogP contribution in [-0.4, -0.2) is 168 Å². The van der Waals surface area contributed by atoms with Crippen LogP contribution in [0.3, 0.4) is 0 Å². The number of rotatable bonds is 34. The van der Waals surface area contributed by atoms with Crippen molar-refractivity contribution in [1.82, 2.24) is 25.4 Å². The SMILES string of the molecule is CO/C=C(/N)NCCC[C@@]1(c2ccccc2)SC(c2cc(F)ccc2F)=NN1C(=O)[C@H](C)OC.CO[C@@H](C)C(=O)N1N=C(c2cc(F)ccc2F)S[C@@]1(CCCN=C(C)N)c1ccccc1.CO[C@@H](C)C(=O)N1N=C(c2cc(F)ccc2F)S[C@@]1(CCCN=C(N)N)c1ccccc1.CO[C@@H](C)C(=O)N1N=C(c2cc(F)ccc2F)S[C@]1(CCCN=C(N)N)c1ccccc1.Cl.Cl.Cl.Cl. The Morgan fingerprint density at radius 1 is 0.373 bits per heavy atom. The van der Waals surface area contributed by atoms with Gasteiger partial charge in [-0.3, -0.25) is 34.2 Å². The number of nitrogens with zero attached hydrogens (tertiary/aromatic N) is 11. The van der Waals surface area contributed by atoms with Gasteiger partial charge < -0.3 is 63.4 Å². The monoisotopic (exact) mass is 2020 g/mol. The lowest BCUT2D eigenvalue weighted by molar-refractivity contribution is -0.145. The van der Waals surface area contributed by atoms with Crippen LogP contribution in [-0.2, 0) is 62.3 Å². The third kappa shape index (κ3) is 28.5. The number of methoxy groups -OCH3 is 5. The lowest BCUT2D eigenvalue weighted by Crippen LogP contribution is -2.46. The van der Waals surface area contributed by atoms with E-state index in [9.17, 15) is 54.3 Å². The summed E-state index contributed by atoms with van der Waals surface area (Å²) in [6, 6.07) is 50.0. The van der Waals surface area contributed by atoms with Crippen molar-refractivity contribution in [2.75, 3.05) is 61.7 Å². The molecule has 4 heterocycles. The van der Waals surface area contributed by atoms with Gasteiger partial charge >= 0.3 is 0 Å². The topological polar surface area (TPSA) is 382 Å². The molecule has 4 aliphatic rings. The van der Waals surface area contributed by atoms with Crippen LogP contribution < -0.4 is 39.7 Å². The molecule has 0 bridgehead atoms. The van der Waals surface area contributed by atoms with Gasteiger partial charge in [0.1, 0.15) is 123 Å². The molecule has 0 fully saturated rings. The summed E-state index contributed by atoms with van der Waals surface area (Å²) in [6.45, 7) is 9.80. The van der Waals surface area contributed by atoms with Crippen LogP contribution in [0.25, 0.3) is 0 Å². The molecule has 0 saturated heterocycles. The van der Waals surface area contributed by atoms with Crippen LogP contribution in [0, 0.1) is 46.5 Å². The predicted molar refractivity (Wildman–Crippen MR) is 524 cm³/mol. The first-order valence-corrected chi connectivity index (χ1v) is 44.1. The first-order chi connectivity index (χ1) is 62.2. The van der Waals surface area contributed by atoms with E-state index in [1.807, 2.05) is 121 Å². The fourth-order valence-corrected chi connectivity index (χ4v) is 19.4. The first kappa shape index (κ1) is 114. The number of hydrogen-bond acceptors (Lipinski definition) is 22. The molecule has 0 radical (unpaired) electrons. The summed E-state index contributed by atoms with van der Waals surface area (Å²) >= 11 is 4.82. The molecular weight excluding hydrogens is 1910 g/mol. The standard InChI is InChI=1S/C24H28F2N4O3S.C23H26F2N4O2S.2C22H25F2N5O2S.4ClH/c1-16(33-3)23(31)30-24(17-8-5-4-6-9-17,12-7-13-28-21(27)15-32-2)34-22(29-30)19-14-18(25)10-11-20(19)26;1-15(31-3)22(30)29-23(12-7-13-27-16(2)26,17-8-5-4-6-9-17)32-21(28-29)19-14-18(24)10-11-20(19)25;2*1-14(31-2)20(30)29-22(11-6-12-27-21(25)26,15-7-4-3-5-8-15)32-19(28-29)17-13-16(23)9-10-18(17)24;;;;/h4-6,8-11,14-16,28H,7,12-13,27H2,1-3H3;4-6,8-11,14-15H,7,12-13H2,1-3H3,(H2,26,27);2*3-5,7-10,13-14H,6,11-12H2,1-2H3,(H4,25,26,27);4*1H/b21-15-;;;;;;;/t16-,24-;15-,23-;14-,22+;14-,22-;;;;/m0000..../s1. The van der Waals surface area contributed by atoms with Crippen LogP contribution in [0.4, 0.5) is 35.1 Å². The van der Waals surface area contributed by atoms with E-state index in [-0.39, 0.29) is 110 Å². The molecule has 13 N–H and O–H groups in total. The van der Waals surface area contributed by atoms with E-state index in [1.54, 1.807) is 34.6 Å². The number of amidine groups is 1. The molecule has 4 amide bonds. The zero-order chi connectivity index (χ0) is 94.6. The third-order valence-corrected chi connectivity index (χ3v) is 26.4. The molecule has 134 heavy (non-hydrogen) atoms. The Bertz CT molecular complexity index is 5120. The number of nitrogens with two attached hydrogens (primary N) is 6. The first-order valence-electron chi connectivity index (χ1n) is 40.9. The van der Waals surface area contributed by atoms with Gasteiger partial charge in [0, 0.05) is 76.9 Å². The van der Waals surface area contributed by atoms with E-state index in [0.717, 1.165) is 95.1 Å². The summed E-state index contributed by atoms with van der Waals surface area (Å²) in [6.07, 6.45) is 2.16. The second-order valence-corrected chi connectivity index (χ2v) is 34.6. The molecule has 27 nitrogen and oxygen atoms in total. The zero-order valence-electron chi connectivity index (χ0n) is 74.7. The van der Waals surface area contributed by atoms with Crippen LogP contribution in [0.2, 0.25) is 0 Å². The average Bonchev–Trinajstić information content (AvgIpc) is 1.44. The molecule has 8 aromatic rings. The lowest BCUT2D eigenvalue weighted by Gasteiger charge is -2.37. The Morgan fingerprint density at radius 3 is 0.821 bits per heavy atom. The summed E-state index contributed by atoms with van der Waals surface area (Å²) in [5.41, 5.74) is 36.4. The molecule has 0 spiro atoms. The number of aliphatic imine (C=N–C) groups is 3. The summed E-state index contributed by atoms with van der Waals surface area (Å²) in [5.74, 6) is -5.68. The Labute approximate surface area is 814 Å². The van der Waals surface area contributed by atoms with Crippen molar-refractivity contribution in [3.05, 3.63) is 297 Å². The van der Waals surface area contributed by atoms with Crippen molar-refractivity contribution < 1.29 is 78.0 Å². The largest absolute Gasteiger partial charge is 0.501 e. The maximum absolute atomic E-state index is 14.7. The van der Waals surface area contributed by atoms with Gasteiger partial charge in [-0.25, -0.2) is 55.2 Å². The maximum atomic E-state index is 14.7. The maximum Gasteiger partial charge on any atom is 0.273 e. The molecular formula is C91H108Cl4F8N18O9S4. The fourth-order valence-electron chi connectivity index (χ4n) is 13.7. The van der Waals surface area contributed by atoms with Crippen molar-refractivity contribution in [2.45, 2.75) is 130 Å². The van der Waals surface area contributed by atoms with Crippen molar-refractivity contribution in [3.8, 4) is 0 Å². The average molecular weight is 2020 g/mol. The van der Waals surface area contributed by atoms with Gasteiger partial charge in [-0.1, -0.05) is 168 Å². The second-order valence-electron chi connectivity index (χ2n) is 29.5. The van der Waals surface area contributed by atoms with E-state index in [4.69, 9.17) is 58.1 Å². The number of amides is 4. The summed E-state index contributed by atoms with van der Waals surface area (Å²) in [5, 5.41) is 27.1. The number of hydrogen-bond donors (Lipinski definition) is 7. The molecule has 8 aromatic carbocycles. The second kappa shape index (κ2) is 53.6. The molecule has 724 valence electrons. The van der Waals surface area contributed by atoms with E-state index < -0.39 is 108 Å². The summed E-state index contributed by atoms with van der Waals surface area (Å²) in [4.78, 5) is 61.5. The Balaban J connectivity index is 0.000000313. The highest BCUT2D eigenvalue weighted by atomic mass is 35.5. The lowest BCUT2D eigenvalue weighted by atomic mass is 9.99. The molecule has 0 aromatic heterocycles. The van der Waals surface area contributed by atoms with Gasteiger partial charge in [-0.2, -0.15) is 20.4 Å². The minimum Gasteiger partial charge on any atom is -0.501 e. The van der Waals surface area contributed by atoms with Crippen molar-refractivity contribution in [2.24, 2.45) is 69.8 Å². The molecule has 12 rings (SSSR count). The Morgan fingerprint density at radius 2 is 0.604 bits per heavy atom. The van der Waals surface area contributed by atoms with Crippen LogP contribution >= 0.6 is 96.7 Å². The number of thioether (sulfide) groups is 4. The number of nitrogens with one attached hydrogen (secondary N) is 1. The van der Waals surface area contributed by atoms with Crippen LogP contribution in [0.1, 0.15) is 130 Å². The number of hydrazone groups is 4. The third-order valence-electron chi connectivity index (χ3n) is 20.6. The quantitative estimate of drug-likeness (QED) is 0.00647. The highest BCUT2D eigenvalue weighted by molar-refractivity contribution is 8.16. The van der Waals surface area contributed by atoms with E-state index in [0.29, 0.717) is 89.2 Å². The molecule has 0 saturated carbocycles. The minimum absolute atomic E-state index is 0. The number of guanidine groups is 2.